The normalized spacial score (nSPS) is 18.9. The topological polar surface area (TPSA) is 53.4 Å². The van der Waals surface area contributed by atoms with Gasteiger partial charge in [0.05, 0.1) is 17.5 Å². The highest BCUT2D eigenvalue weighted by molar-refractivity contribution is 5.79. The Morgan fingerprint density at radius 1 is 1.18 bits per heavy atom. The molecule has 1 aliphatic rings. The third kappa shape index (κ3) is 3.65. The number of benzene rings is 2. The number of hydrogen-bond acceptors (Lipinski definition) is 3. The molecular formula is C24H26N2O2. The molecule has 2 unspecified atom stereocenters. The first-order valence-electron chi connectivity index (χ1n) is 9.91. The number of aliphatic carboxylic acids is 1. The van der Waals surface area contributed by atoms with Crippen LogP contribution in [0.4, 0.5) is 0 Å². The van der Waals surface area contributed by atoms with Gasteiger partial charge in [-0.25, -0.2) is 0 Å². The maximum Gasteiger partial charge on any atom is 0.307 e. The molecule has 144 valence electrons. The van der Waals surface area contributed by atoms with Gasteiger partial charge in [-0.2, -0.15) is 0 Å². The smallest absolute Gasteiger partial charge is 0.307 e. The fraction of sp³-hybridized carbons (Fsp3) is 0.333. The number of pyridine rings is 1. The van der Waals surface area contributed by atoms with Crippen LogP contribution in [0.5, 0.6) is 0 Å². The Balaban J connectivity index is 1.81. The van der Waals surface area contributed by atoms with Gasteiger partial charge < -0.3 is 5.11 Å². The first kappa shape index (κ1) is 18.6. The summed E-state index contributed by atoms with van der Waals surface area (Å²) in [5, 5.41) is 10.7. The molecular weight excluding hydrogens is 348 g/mol. The summed E-state index contributed by atoms with van der Waals surface area (Å²) in [7, 11) is 0. The lowest BCUT2D eigenvalue weighted by Gasteiger charge is -2.38. The van der Waals surface area contributed by atoms with Crippen LogP contribution >= 0.6 is 0 Å². The number of carbonyl (C=O) groups is 1. The Morgan fingerprint density at radius 3 is 2.79 bits per heavy atom. The molecule has 2 heterocycles. The maximum atomic E-state index is 11.6. The summed E-state index contributed by atoms with van der Waals surface area (Å²) >= 11 is 0. The van der Waals surface area contributed by atoms with E-state index in [0.29, 0.717) is 6.54 Å². The quantitative estimate of drug-likeness (QED) is 0.717. The van der Waals surface area contributed by atoms with Crippen molar-refractivity contribution >= 4 is 16.9 Å². The number of aryl methyl sites for hydroxylation is 2. The molecule has 0 saturated carbocycles. The summed E-state index contributed by atoms with van der Waals surface area (Å²) < 4.78 is 0. The van der Waals surface area contributed by atoms with E-state index in [2.05, 4.69) is 54.1 Å². The lowest BCUT2D eigenvalue weighted by atomic mass is 9.89. The first-order valence-corrected chi connectivity index (χ1v) is 9.91. The van der Waals surface area contributed by atoms with Crippen molar-refractivity contribution < 1.29 is 9.90 Å². The van der Waals surface area contributed by atoms with Gasteiger partial charge in [-0.15, -0.1) is 0 Å². The Labute approximate surface area is 165 Å². The van der Waals surface area contributed by atoms with Crippen LogP contribution in [0.15, 0.2) is 54.7 Å². The average Bonchev–Trinajstić information content (AvgIpc) is 2.70. The van der Waals surface area contributed by atoms with Gasteiger partial charge in [-0.3, -0.25) is 14.7 Å². The van der Waals surface area contributed by atoms with E-state index < -0.39 is 5.97 Å². The number of piperidine rings is 1. The fourth-order valence-corrected chi connectivity index (χ4v) is 4.40. The molecule has 28 heavy (non-hydrogen) atoms. The largest absolute Gasteiger partial charge is 0.481 e. The maximum absolute atomic E-state index is 11.6. The van der Waals surface area contributed by atoms with Crippen molar-refractivity contribution in [1.29, 1.82) is 0 Å². The third-order valence-corrected chi connectivity index (χ3v) is 5.81. The van der Waals surface area contributed by atoms with E-state index in [0.717, 1.165) is 35.9 Å². The zero-order chi connectivity index (χ0) is 19.7. The lowest BCUT2D eigenvalue weighted by Crippen LogP contribution is -2.41. The van der Waals surface area contributed by atoms with Crippen LogP contribution in [-0.2, 0) is 4.79 Å². The van der Waals surface area contributed by atoms with Gasteiger partial charge in [0.25, 0.3) is 0 Å². The lowest BCUT2D eigenvalue weighted by molar-refractivity contribution is -0.143. The van der Waals surface area contributed by atoms with E-state index in [9.17, 15) is 9.90 Å². The minimum atomic E-state index is -0.694. The molecule has 1 aliphatic heterocycles. The Morgan fingerprint density at radius 2 is 2.00 bits per heavy atom. The van der Waals surface area contributed by atoms with Crippen molar-refractivity contribution in [3.8, 4) is 0 Å². The van der Waals surface area contributed by atoms with Gasteiger partial charge in [-0.1, -0.05) is 42.0 Å². The van der Waals surface area contributed by atoms with Crippen LogP contribution in [0.25, 0.3) is 10.9 Å². The summed E-state index contributed by atoms with van der Waals surface area (Å²) in [5.74, 6) is -1.00. The molecule has 1 saturated heterocycles. The summed E-state index contributed by atoms with van der Waals surface area (Å²) in [4.78, 5) is 18.6. The molecule has 1 aromatic heterocycles. The van der Waals surface area contributed by atoms with Crippen LogP contribution in [0.1, 0.15) is 41.1 Å². The second kappa shape index (κ2) is 7.72. The number of carboxylic acid groups (broad SMARTS) is 1. The van der Waals surface area contributed by atoms with Gasteiger partial charge in [-0.05, 0) is 62.1 Å². The number of rotatable bonds is 4. The second-order valence-electron chi connectivity index (χ2n) is 7.90. The van der Waals surface area contributed by atoms with E-state index in [1.54, 1.807) is 0 Å². The summed E-state index contributed by atoms with van der Waals surface area (Å²) in [6.07, 6.45) is 3.61. The minimum Gasteiger partial charge on any atom is -0.481 e. The molecule has 4 nitrogen and oxygen atoms in total. The minimum absolute atomic E-state index is 0.0138. The molecule has 4 heteroatoms. The predicted molar refractivity (Wildman–Crippen MR) is 111 cm³/mol. The molecule has 4 rings (SSSR count). The van der Waals surface area contributed by atoms with Crippen molar-refractivity contribution in [2.24, 2.45) is 5.92 Å². The van der Waals surface area contributed by atoms with Crippen LogP contribution < -0.4 is 0 Å². The number of aromatic nitrogens is 1. The van der Waals surface area contributed by atoms with Crippen LogP contribution in [0.3, 0.4) is 0 Å². The molecule has 2 atom stereocenters. The zero-order valence-electron chi connectivity index (χ0n) is 16.4. The fourth-order valence-electron chi connectivity index (χ4n) is 4.40. The summed E-state index contributed by atoms with van der Waals surface area (Å²) in [6.45, 7) is 5.71. The van der Waals surface area contributed by atoms with E-state index in [4.69, 9.17) is 0 Å². The van der Waals surface area contributed by atoms with Crippen molar-refractivity contribution in [2.75, 3.05) is 13.1 Å². The highest BCUT2D eigenvalue weighted by atomic mass is 16.4. The number of nitrogens with zero attached hydrogens (tertiary/aromatic N) is 2. The van der Waals surface area contributed by atoms with Gasteiger partial charge in [0, 0.05) is 18.1 Å². The van der Waals surface area contributed by atoms with Crippen molar-refractivity contribution in [2.45, 2.75) is 32.7 Å². The molecule has 1 fully saturated rings. The second-order valence-corrected chi connectivity index (χ2v) is 7.90. The molecule has 1 N–H and O–H groups in total. The number of hydrogen-bond donors (Lipinski definition) is 1. The number of likely N-dealkylation sites (tertiary alicyclic amines) is 1. The monoisotopic (exact) mass is 374 g/mol. The van der Waals surface area contributed by atoms with Crippen molar-refractivity contribution in [3.05, 3.63) is 77.0 Å². The predicted octanol–water partition coefficient (Wildman–Crippen LogP) is 4.74. The highest BCUT2D eigenvalue weighted by Gasteiger charge is 2.32. The van der Waals surface area contributed by atoms with Gasteiger partial charge in [0.1, 0.15) is 0 Å². The van der Waals surface area contributed by atoms with Crippen molar-refractivity contribution in [3.63, 3.8) is 0 Å². The van der Waals surface area contributed by atoms with E-state index in [-0.39, 0.29) is 12.0 Å². The average molecular weight is 374 g/mol. The Hall–Kier alpha value is -2.72. The zero-order valence-corrected chi connectivity index (χ0v) is 16.4. The number of fused-ring (bicyclic) bond motifs is 1. The third-order valence-electron chi connectivity index (χ3n) is 5.81. The standard InChI is InChI=1S/C24H26N2O2/c1-16-9-10-21(17(2)12-16)23(26-11-5-7-19(15-26)24(27)28)20-13-18-6-3-4-8-22(18)25-14-20/h3-4,6,8-10,12-14,19,23H,5,7,11,15H2,1-2H3,(H,27,28). The van der Waals surface area contributed by atoms with Gasteiger partial charge in [0.15, 0.2) is 0 Å². The first-order chi connectivity index (χ1) is 13.5. The summed E-state index contributed by atoms with van der Waals surface area (Å²) in [5.41, 5.74) is 5.80. The van der Waals surface area contributed by atoms with Crippen LogP contribution in [-0.4, -0.2) is 34.0 Å². The molecule has 0 aliphatic carbocycles. The van der Waals surface area contributed by atoms with Crippen LogP contribution in [0.2, 0.25) is 0 Å². The number of para-hydroxylation sites is 1. The van der Waals surface area contributed by atoms with E-state index >= 15 is 0 Å². The molecule has 0 amide bonds. The molecule has 2 aromatic carbocycles. The van der Waals surface area contributed by atoms with Gasteiger partial charge >= 0.3 is 5.97 Å². The molecule has 0 spiro atoms. The SMILES string of the molecule is Cc1ccc(C(c2cnc3ccccc3c2)N2CCCC(C(=O)O)C2)c(C)c1. The van der Waals surface area contributed by atoms with E-state index in [1.807, 2.05) is 24.4 Å². The summed E-state index contributed by atoms with van der Waals surface area (Å²) in [6, 6.07) is 16.9. The molecule has 0 radical (unpaired) electrons. The van der Waals surface area contributed by atoms with Crippen molar-refractivity contribution in [1.82, 2.24) is 9.88 Å². The van der Waals surface area contributed by atoms with E-state index in [1.165, 1.54) is 16.7 Å². The number of carboxylic acids is 1. The Bertz CT molecular complexity index is 1010. The van der Waals surface area contributed by atoms with Gasteiger partial charge in [0.2, 0.25) is 0 Å². The molecule has 0 bridgehead atoms. The van der Waals surface area contributed by atoms with Crippen LogP contribution in [0, 0.1) is 19.8 Å². The molecule has 3 aromatic rings. The highest BCUT2D eigenvalue weighted by Crippen LogP contribution is 2.35. The Kier molecular flexibility index (Phi) is 5.14.